The summed E-state index contributed by atoms with van der Waals surface area (Å²) in [6.07, 6.45) is 4.39. The van der Waals surface area contributed by atoms with E-state index in [-0.39, 0.29) is 0 Å². The average Bonchev–Trinajstić information content (AvgIpc) is 2.86. The van der Waals surface area contributed by atoms with Gasteiger partial charge in [0.2, 0.25) is 6.20 Å². The molecule has 0 N–H and O–H groups in total. The van der Waals surface area contributed by atoms with Gasteiger partial charge < -0.3 is 4.57 Å². The van der Waals surface area contributed by atoms with Crippen molar-refractivity contribution < 1.29 is 4.92 Å². The Kier molecular flexibility index (Phi) is 3.94. The second kappa shape index (κ2) is 6.03. The molecule has 0 aliphatic rings. The van der Waals surface area contributed by atoms with Crippen LogP contribution in [0.5, 0.6) is 0 Å². The summed E-state index contributed by atoms with van der Waals surface area (Å²) >= 11 is 6.22. The Hall–Kier alpha value is -2.59. The summed E-state index contributed by atoms with van der Waals surface area (Å²) in [7, 11) is 0. The lowest BCUT2D eigenvalue weighted by Gasteiger charge is -2.07. The second-order valence-electron chi connectivity index (χ2n) is 4.92. The molecule has 0 radical (unpaired) electrons. The molecule has 0 unspecified atom stereocenters. The lowest BCUT2D eigenvalue weighted by atomic mass is 10.2. The van der Waals surface area contributed by atoms with Gasteiger partial charge in [0.05, 0.1) is 4.92 Å². The van der Waals surface area contributed by atoms with Crippen molar-refractivity contribution in [3.63, 3.8) is 0 Å². The van der Waals surface area contributed by atoms with Gasteiger partial charge in [-0.25, -0.2) is 0 Å². The highest BCUT2D eigenvalue weighted by atomic mass is 35.5. The summed E-state index contributed by atoms with van der Waals surface area (Å²) < 4.78 is 2.05. The van der Waals surface area contributed by atoms with Gasteiger partial charge in [0.15, 0.2) is 0 Å². The summed E-state index contributed by atoms with van der Waals surface area (Å²) in [6.45, 7) is 0.618. The first-order valence-electron chi connectivity index (χ1n) is 6.78. The molecule has 3 aromatic rings. The maximum Gasteiger partial charge on any atom is 0.235 e. The van der Waals surface area contributed by atoms with E-state index in [1.807, 2.05) is 54.7 Å². The summed E-state index contributed by atoms with van der Waals surface area (Å²) in [6, 6.07) is 15.5. The van der Waals surface area contributed by atoms with Gasteiger partial charge in [-0.3, -0.25) is 10.1 Å². The molecule has 0 aliphatic carbocycles. The molecule has 1 aromatic heterocycles. The van der Waals surface area contributed by atoms with Gasteiger partial charge in [-0.15, -0.1) is 0 Å². The molecule has 0 amide bonds. The van der Waals surface area contributed by atoms with Crippen molar-refractivity contribution >= 4 is 28.6 Å². The molecular weight excluding hydrogens is 300 g/mol. The third-order valence-corrected chi connectivity index (χ3v) is 3.86. The number of halogens is 1. The molecule has 0 bridgehead atoms. The van der Waals surface area contributed by atoms with E-state index in [9.17, 15) is 10.1 Å². The van der Waals surface area contributed by atoms with Crippen LogP contribution in [0.25, 0.3) is 17.0 Å². The molecule has 0 fully saturated rings. The Bertz CT molecular complexity index is 868. The molecule has 1 heterocycles. The van der Waals surface area contributed by atoms with E-state index < -0.39 is 4.92 Å². The van der Waals surface area contributed by atoms with Crippen LogP contribution in [0.15, 0.2) is 60.9 Å². The predicted molar refractivity (Wildman–Crippen MR) is 88.5 cm³/mol. The summed E-state index contributed by atoms with van der Waals surface area (Å²) in [4.78, 5) is 10.1. The third-order valence-electron chi connectivity index (χ3n) is 3.49. The van der Waals surface area contributed by atoms with E-state index in [0.29, 0.717) is 11.6 Å². The zero-order chi connectivity index (χ0) is 15.5. The molecule has 110 valence electrons. The van der Waals surface area contributed by atoms with E-state index in [1.165, 1.54) is 6.08 Å². The Morgan fingerprint density at radius 3 is 2.64 bits per heavy atom. The van der Waals surface area contributed by atoms with E-state index in [4.69, 9.17) is 11.6 Å². The van der Waals surface area contributed by atoms with Crippen LogP contribution in [0, 0.1) is 10.1 Å². The van der Waals surface area contributed by atoms with E-state index in [2.05, 4.69) is 4.57 Å². The van der Waals surface area contributed by atoms with Crippen LogP contribution in [0.4, 0.5) is 0 Å². The van der Waals surface area contributed by atoms with Gasteiger partial charge >= 0.3 is 0 Å². The fraction of sp³-hybridized carbons (Fsp3) is 0.0588. The molecular formula is C17H13ClN2O2. The SMILES string of the molecule is O=[N+]([O-])/C=C/c1cn(Cc2ccccc2Cl)c2ccccc12. The maximum atomic E-state index is 10.5. The number of rotatable bonds is 4. The molecule has 5 heteroatoms. The smallest absolute Gasteiger partial charge is 0.235 e. The van der Waals surface area contributed by atoms with Crippen molar-refractivity contribution in [3.05, 3.63) is 87.2 Å². The first kappa shape index (κ1) is 14.4. The molecule has 0 saturated heterocycles. The fourth-order valence-electron chi connectivity index (χ4n) is 2.49. The highest BCUT2D eigenvalue weighted by Gasteiger charge is 2.08. The number of nitro groups is 1. The highest BCUT2D eigenvalue weighted by Crippen LogP contribution is 2.25. The molecule has 4 nitrogen and oxygen atoms in total. The first-order valence-corrected chi connectivity index (χ1v) is 7.16. The normalized spacial score (nSPS) is 11.3. The largest absolute Gasteiger partial charge is 0.342 e. The van der Waals surface area contributed by atoms with Crippen LogP contribution in [0.1, 0.15) is 11.1 Å². The number of para-hydroxylation sites is 1. The summed E-state index contributed by atoms with van der Waals surface area (Å²) in [5, 5.41) is 12.2. The monoisotopic (exact) mass is 312 g/mol. The highest BCUT2D eigenvalue weighted by molar-refractivity contribution is 6.31. The lowest BCUT2D eigenvalue weighted by molar-refractivity contribution is -0.400. The average molecular weight is 313 g/mol. The zero-order valence-corrected chi connectivity index (χ0v) is 12.4. The third kappa shape index (κ3) is 2.87. The van der Waals surface area contributed by atoms with Gasteiger partial charge in [0.25, 0.3) is 0 Å². The van der Waals surface area contributed by atoms with Gasteiger partial charge in [0.1, 0.15) is 0 Å². The minimum absolute atomic E-state index is 0.458. The Labute approximate surface area is 132 Å². The molecule has 0 spiro atoms. The molecule has 0 saturated carbocycles. The van der Waals surface area contributed by atoms with Crippen molar-refractivity contribution in [2.45, 2.75) is 6.54 Å². The molecule has 0 aliphatic heterocycles. The number of hydrogen-bond acceptors (Lipinski definition) is 2. The van der Waals surface area contributed by atoms with Crippen LogP contribution in [-0.4, -0.2) is 9.49 Å². The van der Waals surface area contributed by atoms with Crippen molar-refractivity contribution in [1.29, 1.82) is 0 Å². The number of benzene rings is 2. The van der Waals surface area contributed by atoms with E-state index in [1.54, 1.807) is 0 Å². The lowest BCUT2D eigenvalue weighted by Crippen LogP contribution is -1.98. The van der Waals surface area contributed by atoms with Crippen molar-refractivity contribution in [1.82, 2.24) is 4.57 Å². The van der Waals surface area contributed by atoms with Crippen molar-refractivity contribution in [2.24, 2.45) is 0 Å². The summed E-state index contributed by atoms with van der Waals surface area (Å²) in [5.74, 6) is 0. The van der Waals surface area contributed by atoms with Gasteiger partial charge in [-0.2, -0.15) is 0 Å². The minimum Gasteiger partial charge on any atom is -0.342 e. The molecule has 3 rings (SSSR count). The summed E-state index contributed by atoms with van der Waals surface area (Å²) in [5.41, 5.74) is 2.85. The Morgan fingerprint density at radius 2 is 1.86 bits per heavy atom. The maximum absolute atomic E-state index is 10.5. The number of fused-ring (bicyclic) bond motifs is 1. The van der Waals surface area contributed by atoms with Gasteiger partial charge in [-0.05, 0) is 17.7 Å². The fourth-order valence-corrected chi connectivity index (χ4v) is 2.69. The first-order chi connectivity index (χ1) is 10.6. The Balaban J connectivity index is 2.07. The van der Waals surface area contributed by atoms with Crippen LogP contribution in [-0.2, 0) is 6.54 Å². The van der Waals surface area contributed by atoms with Crippen molar-refractivity contribution in [3.8, 4) is 0 Å². The van der Waals surface area contributed by atoms with E-state index >= 15 is 0 Å². The topological polar surface area (TPSA) is 48.1 Å². The second-order valence-corrected chi connectivity index (χ2v) is 5.33. The van der Waals surface area contributed by atoms with Crippen LogP contribution in [0.2, 0.25) is 5.02 Å². The quantitative estimate of drug-likeness (QED) is 0.522. The van der Waals surface area contributed by atoms with Crippen LogP contribution in [0.3, 0.4) is 0 Å². The minimum atomic E-state index is -0.458. The molecule has 0 atom stereocenters. The number of hydrogen-bond donors (Lipinski definition) is 0. The van der Waals surface area contributed by atoms with Crippen molar-refractivity contribution in [2.75, 3.05) is 0 Å². The Morgan fingerprint density at radius 1 is 1.14 bits per heavy atom. The predicted octanol–water partition coefficient (Wildman–Crippen LogP) is 4.59. The molecule has 2 aromatic carbocycles. The standard InChI is InChI=1S/C17H13ClN2O2/c18-16-7-3-1-5-14(16)12-19-11-13(9-10-20(21)22)15-6-2-4-8-17(15)19/h1-11H,12H2/b10-9+. The van der Waals surface area contributed by atoms with Gasteiger partial charge in [-0.1, -0.05) is 48.0 Å². The number of aromatic nitrogens is 1. The molecule has 22 heavy (non-hydrogen) atoms. The van der Waals surface area contributed by atoms with Crippen LogP contribution < -0.4 is 0 Å². The van der Waals surface area contributed by atoms with Crippen LogP contribution >= 0.6 is 11.6 Å². The van der Waals surface area contributed by atoms with E-state index in [0.717, 1.165) is 28.2 Å². The van der Waals surface area contributed by atoms with Gasteiger partial charge in [0, 0.05) is 40.3 Å². The zero-order valence-electron chi connectivity index (χ0n) is 11.6. The number of nitrogens with zero attached hydrogens (tertiary/aromatic N) is 2.